The first kappa shape index (κ1) is 20.7. The number of anilines is 1. The number of thioether (sulfide) groups is 1. The van der Waals surface area contributed by atoms with Crippen LogP contribution in [0, 0.1) is 6.92 Å². The van der Waals surface area contributed by atoms with E-state index in [1.54, 1.807) is 43.5 Å². The van der Waals surface area contributed by atoms with Gasteiger partial charge in [0.2, 0.25) is 5.91 Å². The Kier molecular flexibility index (Phi) is 6.04. The average Bonchev–Trinajstić information content (AvgIpc) is 2.79. The highest BCUT2D eigenvalue weighted by atomic mass is 32.2. The fourth-order valence-corrected chi connectivity index (χ4v) is 3.94. The number of methoxy groups -OCH3 is 1. The fourth-order valence-electron chi connectivity index (χ4n) is 3.13. The van der Waals surface area contributed by atoms with Crippen molar-refractivity contribution in [1.82, 2.24) is 9.55 Å². The minimum Gasteiger partial charge on any atom is -0.497 e. The van der Waals surface area contributed by atoms with E-state index in [0.717, 1.165) is 11.3 Å². The van der Waals surface area contributed by atoms with Crippen molar-refractivity contribution < 1.29 is 9.53 Å². The van der Waals surface area contributed by atoms with Crippen LogP contribution in [0.5, 0.6) is 5.75 Å². The van der Waals surface area contributed by atoms with Gasteiger partial charge in [-0.3, -0.25) is 14.2 Å². The summed E-state index contributed by atoms with van der Waals surface area (Å²) in [5, 5.41) is 3.85. The molecular formula is C24H21N3O3S. The molecule has 0 saturated heterocycles. The number of rotatable bonds is 6. The molecule has 0 fully saturated rings. The minimum absolute atomic E-state index is 0.120. The lowest BCUT2D eigenvalue weighted by atomic mass is 10.2. The Morgan fingerprint density at radius 2 is 1.74 bits per heavy atom. The molecule has 0 atom stereocenters. The Morgan fingerprint density at radius 3 is 2.45 bits per heavy atom. The molecule has 0 aliphatic carbocycles. The Balaban J connectivity index is 1.66. The number of benzene rings is 3. The second-order valence-electron chi connectivity index (χ2n) is 6.95. The molecule has 156 valence electrons. The first-order chi connectivity index (χ1) is 15.0. The number of amides is 1. The van der Waals surface area contributed by atoms with Gasteiger partial charge >= 0.3 is 0 Å². The van der Waals surface area contributed by atoms with Gasteiger partial charge in [-0.2, -0.15) is 0 Å². The molecule has 1 aromatic heterocycles. The molecular weight excluding hydrogens is 410 g/mol. The Hall–Kier alpha value is -3.58. The van der Waals surface area contributed by atoms with Gasteiger partial charge in [-0.1, -0.05) is 41.6 Å². The smallest absolute Gasteiger partial charge is 0.266 e. The van der Waals surface area contributed by atoms with Gasteiger partial charge in [-0.25, -0.2) is 4.98 Å². The van der Waals surface area contributed by atoms with E-state index in [1.165, 1.54) is 16.3 Å². The van der Waals surface area contributed by atoms with Crippen molar-refractivity contribution in [3.05, 3.63) is 88.7 Å². The maximum absolute atomic E-state index is 13.2. The third kappa shape index (κ3) is 4.62. The minimum atomic E-state index is -0.183. The highest BCUT2D eigenvalue weighted by Crippen LogP contribution is 2.23. The summed E-state index contributed by atoms with van der Waals surface area (Å²) in [6.45, 7) is 1.99. The molecule has 0 saturated carbocycles. The molecule has 0 aliphatic heterocycles. The van der Waals surface area contributed by atoms with E-state index >= 15 is 0 Å². The van der Waals surface area contributed by atoms with E-state index in [1.807, 2.05) is 43.3 Å². The maximum atomic E-state index is 13.2. The summed E-state index contributed by atoms with van der Waals surface area (Å²) in [5.41, 5.74) is 2.92. The molecule has 4 rings (SSSR count). The summed E-state index contributed by atoms with van der Waals surface area (Å²) in [6.07, 6.45) is 0. The number of nitrogens with zero attached hydrogens (tertiary/aromatic N) is 2. The number of para-hydroxylation sites is 1. The molecule has 4 aromatic rings. The largest absolute Gasteiger partial charge is 0.497 e. The van der Waals surface area contributed by atoms with Gasteiger partial charge in [0, 0.05) is 5.69 Å². The van der Waals surface area contributed by atoms with E-state index in [4.69, 9.17) is 4.74 Å². The normalized spacial score (nSPS) is 10.8. The number of fused-ring (bicyclic) bond motifs is 1. The van der Waals surface area contributed by atoms with Crippen LogP contribution in [0.15, 0.2) is 82.7 Å². The molecule has 0 radical (unpaired) electrons. The zero-order valence-electron chi connectivity index (χ0n) is 17.2. The monoisotopic (exact) mass is 431 g/mol. The summed E-state index contributed by atoms with van der Waals surface area (Å²) in [7, 11) is 1.59. The van der Waals surface area contributed by atoms with Crippen LogP contribution < -0.4 is 15.6 Å². The van der Waals surface area contributed by atoms with E-state index in [-0.39, 0.29) is 17.2 Å². The number of aryl methyl sites for hydroxylation is 1. The quantitative estimate of drug-likeness (QED) is 0.361. The summed E-state index contributed by atoms with van der Waals surface area (Å²) in [5.74, 6) is 0.643. The van der Waals surface area contributed by atoms with Gasteiger partial charge in [0.15, 0.2) is 5.16 Å². The molecule has 1 N–H and O–H groups in total. The van der Waals surface area contributed by atoms with Gasteiger partial charge in [0.05, 0.1) is 29.5 Å². The lowest BCUT2D eigenvalue weighted by molar-refractivity contribution is -0.113. The predicted octanol–water partition coefficient (Wildman–Crippen LogP) is 4.43. The molecule has 1 heterocycles. The zero-order valence-corrected chi connectivity index (χ0v) is 18.0. The highest BCUT2D eigenvalue weighted by molar-refractivity contribution is 7.99. The number of carbonyl (C=O) groups is 1. The molecule has 7 heteroatoms. The van der Waals surface area contributed by atoms with Crippen LogP contribution in [0.4, 0.5) is 5.69 Å². The van der Waals surface area contributed by atoms with Crippen LogP contribution in [0.3, 0.4) is 0 Å². The van der Waals surface area contributed by atoms with Crippen molar-refractivity contribution in [2.75, 3.05) is 18.2 Å². The van der Waals surface area contributed by atoms with Gasteiger partial charge in [-0.05, 0) is 55.5 Å². The van der Waals surface area contributed by atoms with Gasteiger partial charge in [0.1, 0.15) is 5.75 Å². The van der Waals surface area contributed by atoms with Crippen molar-refractivity contribution in [3.63, 3.8) is 0 Å². The lowest BCUT2D eigenvalue weighted by Crippen LogP contribution is -2.23. The highest BCUT2D eigenvalue weighted by Gasteiger charge is 2.15. The molecule has 6 nitrogen and oxygen atoms in total. The average molecular weight is 432 g/mol. The predicted molar refractivity (Wildman–Crippen MR) is 124 cm³/mol. The van der Waals surface area contributed by atoms with Gasteiger partial charge in [-0.15, -0.1) is 0 Å². The van der Waals surface area contributed by atoms with Crippen molar-refractivity contribution in [2.45, 2.75) is 12.1 Å². The number of hydrogen-bond donors (Lipinski definition) is 1. The zero-order chi connectivity index (χ0) is 21.8. The fraction of sp³-hybridized carbons (Fsp3) is 0.125. The van der Waals surface area contributed by atoms with Crippen LogP contribution >= 0.6 is 11.8 Å². The molecule has 3 aromatic carbocycles. The number of carbonyl (C=O) groups excluding carboxylic acids is 1. The lowest BCUT2D eigenvalue weighted by Gasteiger charge is -2.13. The van der Waals surface area contributed by atoms with E-state index in [0.29, 0.717) is 27.5 Å². The van der Waals surface area contributed by atoms with E-state index < -0.39 is 0 Å². The Bertz CT molecular complexity index is 1280. The van der Waals surface area contributed by atoms with Crippen molar-refractivity contribution in [1.29, 1.82) is 0 Å². The third-order valence-electron chi connectivity index (χ3n) is 4.74. The van der Waals surface area contributed by atoms with Crippen LogP contribution in [-0.4, -0.2) is 28.3 Å². The van der Waals surface area contributed by atoms with Crippen LogP contribution in [0.1, 0.15) is 5.56 Å². The van der Waals surface area contributed by atoms with Gasteiger partial charge in [0.25, 0.3) is 5.56 Å². The first-order valence-corrected chi connectivity index (χ1v) is 10.7. The number of ether oxygens (including phenoxy) is 1. The van der Waals surface area contributed by atoms with Gasteiger partial charge < -0.3 is 10.1 Å². The SMILES string of the molecule is COc1ccc(-n2c(SCC(=O)Nc3ccc(C)cc3)nc3ccccc3c2=O)cc1. The van der Waals surface area contributed by atoms with Crippen LogP contribution in [-0.2, 0) is 4.79 Å². The molecule has 0 aliphatic rings. The van der Waals surface area contributed by atoms with Crippen LogP contribution in [0.25, 0.3) is 16.6 Å². The van der Waals surface area contributed by atoms with Crippen molar-refractivity contribution in [3.8, 4) is 11.4 Å². The molecule has 0 spiro atoms. The topological polar surface area (TPSA) is 73.2 Å². The number of nitrogens with one attached hydrogen (secondary N) is 1. The third-order valence-corrected chi connectivity index (χ3v) is 5.68. The number of aromatic nitrogens is 2. The summed E-state index contributed by atoms with van der Waals surface area (Å²) in [6, 6.07) is 22.0. The molecule has 31 heavy (non-hydrogen) atoms. The maximum Gasteiger partial charge on any atom is 0.266 e. The van der Waals surface area contributed by atoms with E-state index in [2.05, 4.69) is 10.3 Å². The molecule has 0 bridgehead atoms. The van der Waals surface area contributed by atoms with Crippen LogP contribution in [0.2, 0.25) is 0 Å². The summed E-state index contributed by atoms with van der Waals surface area (Å²) < 4.78 is 6.75. The molecule has 1 amide bonds. The van der Waals surface area contributed by atoms with E-state index in [9.17, 15) is 9.59 Å². The second-order valence-corrected chi connectivity index (χ2v) is 7.90. The first-order valence-electron chi connectivity index (χ1n) is 9.71. The summed E-state index contributed by atoms with van der Waals surface area (Å²) >= 11 is 1.22. The standard InChI is InChI=1S/C24H21N3O3S/c1-16-7-9-17(10-8-16)25-22(28)15-31-24-26-21-6-4-3-5-20(21)23(29)27(24)18-11-13-19(30-2)14-12-18/h3-14H,15H2,1-2H3,(H,25,28). The Labute approximate surface area is 183 Å². The van der Waals surface area contributed by atoms with Crippen molar-refractivity contribution >= 4 is 34.3 Å². The molecule has 0 unspecified atom stereocenters. The number of hydrogen-bond acceptors (Lipinski definition) is 5. The Morgan fingerprint density at radius 1 is 1.03 bits per heavy atom. The summed E-state index contributed by atoms with van der Waals surface area (Å²) in [4.78, 5) is 30.4. The van der Waals surface area contributed by atoms with Crippen molar-refractivity contribution in [2.24, 2.45) is 0 Å². The second kappa shape index (κ2) is 9.06.